The Labute approximate surface area is 105 Å². The SMILES string of the molecule is O=C(COc1c(Cl)cccc1CO)NC1CC1. The lowest BCUT2D eigenvalue weighted by molar-refractivity contribution is -0.123. The topological polar surface area (TPSA) is 58.6 Å². The zero-order valence-electron chi connectivity index (χ0n) is 9.28. The molecule has 92 valence electrons. The summed E-state index contributed by atoms with van der Waals surface area (Å²) < 4.78 is 5.35. The largest absolute Gasteiger partial charge is 0.482 e. The Morgan fingerprint density at radius 2 is 2.29 bits per heavy atom. The van der Waals surface area contributed by atoms with E-state index in [2.05, 4.69) is 5.32 Å². The number of halogens is 1. The van der Waals surface area contributed by atoms with Gasteiger partial charge in [-0.25, -0.2) is 0 Å². The quantitative estimate of drug-likeness (QED) is 0.838. The van der Waals surface area contributed by atoms with Gasteiger partial charge in [0.05, 0.1) is 11.6 Å². The summed E-state index contributed by atoms with van der Waals surface area (Å²) in [4.78, 5) is 11.4. The molecule has 2 N–H and O–H groups in total. The van der Waals surface area contributed by atoms with E-state index in [1.54, 1.807) is 18.2 Å². The van der Waals surface area contributed by atoms with Crippen LogP contribution in [0.25, 0.3) is 0 Å². The number of ether oxygens (including phenoxy) is 1. The number of carbonyl (C=O) groups excluding carboxylic acids is 1. The van der Waals surface area contributed by atoms with Gasteiger partial charge in [0.15, 0.2) is 6.61 Å². The second-order valence-corrected chi connectivity index (χ2v) is 4.42. The Kier molecular flexibility index (Phi) is 3.86. The van der Waals surface area contributed by atoms with Crippen molar-refractivity contribution in [1.29, 1.82) is 0 Å². The van der Waals surface area contributed by atoms with Gasteiger partial charge in [0.1, 0.15) is 5.75 Å². The van der Waals surface area contributed by atoms with Gasteiger partial charge in [-0.1, -0.05) is 23.7 Å². The predicted octanol–water partition coefficient (Wildman–Crippen LogP) is 1.49. The minimum absolute atomic E-state index is 0.0762. The van der Waals surface area contributed by atoms with Crippen molar-refractivity contribution in [2.45, 2.75) is 25.5 Å². The van der Waals surface area contributed by atoms with Crippen LogP contribution in [0, 0.1) is 0 Å². The molecule has 0 aliphatic heterocycles. The number of nitrogens with one attached hydrogen (secondary N) is 1. The highest BCUT2D eigenvalue weighted by Gasteiger charge is 2.23. The van der Waals surface area contributed by atoms with Crippen molar-refractivity contribution in [3.05, 3.63) is 28.8 Å². The third-order valence-corrected chi connectivity index (χ3v) is 2.81. The highest BCUT2D eigenvalue weighted by Crippen LogP contribution is 2.28. The van der Waals surface area contributed by atoms with Crippen LogP contribution in [0.2, 0.25) is 5.02 Å². The maximum Gasteiger partial charge on any atom is 0.258 e. The molecule has 0 aromatic heterocycles. The van der Waals surface area contributed by atoms with E-state index in [4.69, 9.17) is 21.4 Å². The molecule has 4 nitrogen and oxygen atoms in total. The van der Waals surface area contributed by atoms with Crippen LogP contribution in [-0.4, -0.2) is 23.7 Å². The van der Waals surface area contributed by atoms with Gasteiger partial charge in [-0.3, -0.25) is 4.79 Å². The molecular weight excluding hydrogens is 242 g/mol. The molecule has 1 aromatic carbocycles. The van der Waals surface area contributed by atoms with Crippen molar-refractivity contribution < 1.29 is 14.6 Å². The maximum atomic E-state index is 11.4. The van der Waals surface area contributed by atoms with Gasteiger partial charge < -0.3 is 15.2 Å². The molecule has 1 aliphatic rings. The van der Waals surface area contributed by atoms with Crippen molar-refractivity contribution in [1.82, 2.24) is 5.32 Å². The molecule has 0 bridgehead atoms. The minimum atomic E-state index is -0.167. The summed E-state index contributed by atoms with van der Waals surface area (Å²) in [6.07, 6.45) is 2.08. The predicted molar refractivity (Wildman–Crippen MR) is 64.0 cm³/mol. The molecule has 0 saturated heterocycles. The minimum Gasteiger partial charge on any atom is -0.482 e. The first kappa shape index (κ1) is 12.2. The molecule has 17 heavy (non-hydrogen) atoms. The van der Waals surface area contributed by atoms with Crippen LogP contribution in [0.15, 0.2) is 18.2 Å². The van der Waals surface area contributed by atoms with Crippen LogP contribution in [0.5, 0.6) is 5.75 Å². The second kappa shape index (κ2) is 5.38. The van der Waals surface area contributed by atoms with E-state index in [0.717, 1.165) is 12.8 Å². The van der Waals surface area contributed by atoms with Crippen molar-refractivity contribution in [2.24, 2.45) is 0 Å². The normalized spacial score (nSPS) is 14.5. The Hall–Kier alpha value is -1.26. The molecule has 1 amide bonds. The molecule has 2 rings (SSSR count). The van der Waals surface area contributed by atoms with E-state index in [1.807, 2.05) is 0 Å². The standard InChI is InChI=1S/C12H14ClNO3/c13-10-3-1-2-8(6-15)12(10)17-7-11(16)14-9-4-5-9/h1-3,9,15H,4-7H2,(H,14,16). The van der Waals surface area contributed by atoms with Gasteiger partial charge in [-0.05, 0) is 18.9 Å². The number of aliphatic hydroxyl groups excluding tert-OH is 1. The van der Waals surface area contributed by atoms with Gasteiger partial charge in [-0.2, -0.15) is 0 Å². The lowest BCUT2D eigenvalue weighted by Crippen LogP contribution is -2.30. The van der Waals surface area contributed by atoms with E-state index in [-0.39, 0.29) is 19.1 Å². The second-order valence-electron chi connectivity index (χ2n) is 4.02. The fraction of sp³-hybridized carbons (Fsp3) is 0.417. The van der Waals surface area contributed by atoms with Gasteiger partial charge in [0.25, 0.3) is 5.91 Å². The fourth-order valence-corrected chi connectivity index (χ4v) is 1.72. The summed E-state index contributed by atoms with van der Waals surface area (Å²) in [5.41, 5.74) is 0.580. The third kappa shape index (κ3) is 3.35. The van der Waals surface area contributed by atoms with E-state index in [9.17, 15) is 4.79 Å². The number of hydrogen-bond donors (Lipinski definition) is 2. The van der Waals surface area contributed by atoms with Gasteiger partial charge in [0.2, 0.25) is 0 Å². The number of rotatable bonds is 5. The molecule has 1 saturated carbocycles. The summed E-state index contributed by atoms with van der Waals surface area (Å²) >= 11 is 5.94. The van der Waals surface area contributed by atoms with E-state index in [1.165, 1.54) is 0 Å². The summed E-state index contributed by atoms with van der Waals surface area (Å²) in [5, 5.41) is 12.3. The first-order valence-electron chi connectivity index (χ1n) is 5.51. The van der Waals surface area contributed by atoms with Crippen molar-refractivity contribution >= 4 is 17.5 Å². The Balaban J connectivity index is 1.94. The smallest absolute Gasteiger partial charge is 0.258 e. The number of para-hydroxylation sites is 1. The summed E-state index contributed by atoms with van der Waals surface area (Å²) in [7, 11) is 0. The molecule has 1 aromatic rings. The average molecular weight is 256 g/mol. The molecule has 5 heteroatoms. The van der Waals surface area contributed by atoms with E-state index < -0.39 is 0 Å². The van der Waals surface area contributed by atoms with E-state index in [0.29, 0.717) is 22.4 Å². The van der Waals surface area contributed by atoms with E-state index >= 15 is 0 Å². The number of hydrogen-bond acceptors (Lipinski definition) is 3. The zero-order valence-corrected chi connectivity index (χ0v) is 10.0. The highest BCUT2D eigenvalue weighted by molar-refractivity contribution is 6.32. The van der Waals surface area contributed by atoms with Gasteiger partial charge in [0, 0.05) is 11.6 Å². The number of amides is 1. The first-order chi connectivity index (χ1) is 8.20. The van der Waals surface area contributed by atoms with Crippen LogP contribution < -0.4 is 10.1 Å². The van der Waals surface area contributed by atoms with Crippen molar-refractivity contribution in [3.8, 4) is 5.75 Å². The molecule has 0 heterocycles. The monoisotopic (exact) mass is 255 g/mol. The molecule has 1 aliphatic carbocycles. The van der Waals surface area contributed by atoms with Crippen LogP contribution >= 0.6 is 11.6 Å². The third-order valence-electron chi connectivity index (χ3n) is 2.51. The summed E-state index contributed by atoms with van der Waals surface area (Å²) in [6, 6.07) is 5.41. The zero-order chi connectivity index (χ0) is 12.3. The summed E-state index contributed by atoms with van der Waals surface area (Å²) in [6.45, 7) is -0.243. The molecule has 1 fully saturated rings. The Morgan fingerprint density at radius 3 is 2.94 bits per heavy atom. The number of benzene rings is 1. The first-order valence-corrected chi connectivity index (χ1v) is 5.89. The summed E-state index contributed by atoms with van der Waals surface area (Å²) in [5.74, 6) is 0.221. The van der Waals surface area contributed by atoms with Gasteiger partial charge >= 0.3 is 0 Å². The lowest BCUT2D eigenvalue weighted by atomic mass is 10.2. The van der Waals surface area contributed by atoms with Crippen LogP contribution in [-0.2, 0) is 11.4 Å². The average Bonchev–Trinajstić information content (AvgIpc) is 3.11. The van der Waals surface area contributed by atoms with Crippen LogP contribution in [0.3, 0.4) is 0 Å². The molecular formula is C12H14ClNO3. The van der Waals surface area contributed by atoms with Gasteiger partial charge in [-0.15, -0.1) is 0 Å². The highest BCUT2D eigenvalue weighted by atomic mass is 35.5. The lowest BCUT2D eigenvalue weighted by Gasteiger charge is -2.11. The maximum absolute atomic E-state index is 11.4. The Bertz CT molecular complexity index is 418. The molecule has 0 atom stereocenters. The van der Waals surface area contributed by atoms with Crippen molar-refractivity contribution in [3.63, 3.8) is 0 Å². The number of aliphatic hydroxyl groups is 1. The number of carbonyl (C=O) groups is 1. The fourth-order valence-electron chi connectivity index (χ4n) is 1.47. The molecule has 0 spiro atoms. The molecule has 0 unspecified atom stereocenters. The van der Waals surface area contributed by atoms with Crippen LogP contribution in [0.4, 0.5) is 0 Å². The molecule has 0 radical (unpaired) electrons. The Morgan fingerprint density at radius 1 is 1.53 bits per heavy atom. The van der Waals surface area contributed by atoms with Crippen LogP contribution in [0.1, 0.15) is 18.4 Å². The van der Waals surface area contributed by atoms with Crippen molar-refractivity contribution in [2.75, 3.05) is 6.61 Å².